The van der Waals surface area contributed by atoms with Gasteiger partial charge in [-0.1, -0.05) is 11.8 Å². The average Bonchev–Trinajstić information content (AvgIpc) is 3.53. The van der Waals surface area contributed by atoms with E-state index >= 15 is 0 Å². The molecule has 0 aromatic carbocycles. The van der Waals surface area contributed by atoms with E-state index in [1.54, 1.807) is 10.8 Å². The molecule has 1 saturated carbocycles. The molecule has 146 valence electrons. The topological polar surface area (TPSA) is 62.6 Å². The van der Waals surface area contributed by atoms with Crippen LogP contribution in [0.15, 0.2) is 35.3 Å². The molecule has 2 aromatic heterocycles. The molecule has 0 amide bonds. The van der Waals surface area contributed by atoms with Gasteiger partial charge in [-0.25, -0.2) is 0 Å². The van der Waals surface area contributed by atoms with Gasteiger partial charge < -0.3 is 18.8 Å². The molecule has 28 heavy (non-hydrogen) atoms. The van der Waals surface area contributed by atoms with E-state index in [1.165, 1.54) is 18.9 Å². The van der Waals surface area contributed by atoms with E-state index in [1.807, 2.05) is 25.1 Å². The van der Waals surface area contributed by atoms with Crippen LogP contribution < -0.4 is 10.3 Å². The number of ether oxygens (including phenoxy) is 3. The molecule has 2 aliphatic rings. The van der Waals surface area contributed by atoms with Crippen molar-refractivity contribution < 1.29 is 14.2 Å². The van der Waals surface area contributed by atoms with Crippen LogP contribution in [0.25, 0.3) is 0 Å². The van der Waals surface area contributed by atoms with Gasteiger partial charge in [0.05, 0.1) is 32.1 Å². The second-order valence-corrected chi connectivity index (χ2v) is 7.21. The first-order chi connectivity index (χ1) is 13.7. The van der Waals surface area contributed by atoms with Crippen molar-refractivity contribution in [2.75, 3.05) is 26.4 Å². The molecule has 1 aliphatic carbocycles. The van der Waals surface area contributed by atoms with Crippen LogP contribution in [0.4, 0.5) is 0 Å². The Hall–Kier alpha value is -2.62. The average molecular weight is 380 g/mol. The highest BCUT2D eigenvalue weighted by atomic mass is 16.6. The second kappa shape index (κ2) is 8.59. The number of pyridine rings is 2. The minimum Gasteiger partial charge on any atom is -0.491 e. The zero-order valence-electron chi connectivity index (χ0n) is 16.0. The predicted octanol–water partition coefficient (Wildman–Crippen LogP) is 2.16. The van der Waals surface area contributed by atoms with Crippen molar-refractivity contribution >= 4 is 0 Å². The highest BCUT2D eigenvalue weighted by Gasteiger charge is 2.18. The smallest absolute Gasteiger partial charge is 0.254 e. The minimum atomic E-state index is -0.118. The van der Waals surface area contributed by atoms with Crippen molar-refractivity contribution in [3.05, 3.63) is 57.8 Å². The molecule has 6 heteroatoms. The van der Waals surface area contributed by atoms with Crippen LogP contribution in [-0.4, -0.2) is 42.1 Å². The molecule has 4 rings (SSSR count). The van der Waals surface area contributed by atoms with E-state index in [2.05, 4.69) is 16.8 Å². The summed E-state index contributed by atoms with van der Waals surface area (Å²) in [5.74, 6) is 7.55. The van der Waals surface area contributed by atoms with E-state index in [4.69, 9.17) is 14.2 Å². The monoisotopic (exact) mass is 380 g/mol. The number of rotatable bonds is 5. The third-order valence-electron chi connectivity index (χ3n) is 4.76. The summed E-state index contributed by atoms with van der Waals surface area (Å²) in [7, 11) is 0. The van der Waals surface area contributed by atoms with Gasteiger partial charge in [0.1, 0.15) is 18.5 Å². The fourth-order valence-corrected chi connectivity index (χ4v) is 3.02. The van der Waals surface area contributed by atoms with Crippen LogP contribution >= 0.6 is 0 Å². The van der Waals surface area contributed by atoms with Crippen molar-refractivity contribution in [3.8, 4) is 17.6 Å². The molecule has 1 aliphatic heterocycles. The maximum absolute atomic E-state index is 12.6. The van der Waals surface area contributed by atoms with Gasteiger partial charge in [-0.05, 0) is 38.0 Å². The molecule has 2 aromatic rings. The summed E-state index contributed by atoms with van der Waals surface area (Å²) in [6.45, 7) is 4.38. The molecule has 0 bridgehead atoms. The number of aromatic nitrogens is 2. The normalized spacial score (nSPS) is 19.0. The SMILES string of the molecule is Cc1cc(OC[C@@H]2COCCO2)cc(=O)n1Cc1cc(C#CC2CC2)ccn1. The summed E-state index contributed by atoms with van der Waals surface area (Å²) in [4.78, 5) is 17.0. The summed E-state index contributed by atoms with van der Waals surface area (Å²) in [6.07, 6.45) is 4.05. The van der Waals surface area contributed by atoms with E-state index < -0.39 is 0 Å². The molecule has 0 spiro atoms. The Morgan fingerprint density at radius 3 is 2.93 bits per heavy atom. The predicted molar refractivity (Wildman–Crippen MR) is 104 cm³/mol. The van der Waals surface area contributed by atoms with E-state index in [9.17, 15) is 4.79 Å². The Labute approximate surface area is 164 Å². The van der Waals surface area contributed by atoms with Gasteiger partial charge in [0.25, 0.3) is 5.56 Å². The molecule has 6 nitrogen and oxygen atoms in total. The zero-order valence-corrected chi connectivity index (χ0v) is 16.0. The van der Waals surface area contributed by atoms with Crippen LogP contribution in [0.2, 0.25) is 0 Å². The summed E-state index contributed by atoms with van der Waals surface area (Å²) in [5.41, 5.74) is 2.46. The van der Waals surface area contributed by atoms with Gasteiger partial charge in [-0.2, -0.15) is 0 Å². The van der Waals surface area contributed by atoms with E-state index in [0.29, 0.717) is 44.6 Å². The molecule has 1 atom stereocenters. The molecular formula is C22H24N2O4. The van der Waals surface area contributed by atoms with E-state index in [-0.39, 0.29) is 11.7 Å². The van der Waals surface area contributed by atoms with Crippen LogP contribution in [-0.2, 0) is 16.0 Å². The van der Waals surface area contributed by atoms with Gasteiger partial charge in [-0.3, -0.25) is 9.78 Å². The fraction of sp³-hybridized carbons (Fsp3) is 0.455. The fourth-order valence-electron chi connectivity index (χ4n) is 3.02. The maximum atomic E-state index is 12.6. The lowest BCUT2D eigenvalue weighted by atomic mass is 10.2. The van der Waals surface area contributed by atoms with Crippen LogP contribution in [0.3, 0.4) is 0 Å². The quantitative estimate of drug-likeness (QED) is 0.744. The first-order valence-electron chi connectivity index (χ1n) is 9.67. The molecule has 1 saturated heterocycles. The van der Waals surface area contributed by atoms with Gasteiger partial charge in [0, 0.05) is 29.4 Å². The first kappa shape index (κ1) is 18.7. The van der Waals surface area contributed by atoms with Crippen molar-refractivity contribution in [2.24, 2.45) is 5.92 Å². The van der Waals surface area contributed by atoms with Gasteiger partial charge in [-0.15, -0.1) is 0 Å². The van der Waals surface area contributed by atoms with Crippen molar-refractivity contribution in [1.29, 1.82) is 0 Å². The lowest BCUT2D eigenvalue weighted by Crippen LogP contribution is -2.33. The Morgan fingerprint density at radius 1 is 1.29 bits per heavy atom. The summed E-state index contributed by atoms with van der Waals surface area (Å²) in [5, 5.41) is 0. The third kappa shape index (κ3) is 5.00. The summed E-state index contributed by atoms with van der Waals surface area (Å²) in [6, 6.07) is 7.23. The number of aryl methyl sites for hydroxylation is 1. The van der Waals surface area contributed by atoms with Crippen LogP contribution in [0, 0.1) is 24.7 Å². The standard InChI is InChI=1S/C22H24N2O4/c1-16-10-20(28-15-21-14-26-8-9-27-21)12-22(25)24(16)13-19-11-18(6-7-23-19)5-4-17-2-3-17/h6-7,10-12,17,21H,2-3,8-9,13-15H2,1H3/t21-/m0/s1. The number of nitrogens with zero attached hydrogens (tertiary/aromatic N) is 2. The largest absolute Gasteiger partial charge is 0.491 e. The number of hydrogen-bond donors (Lipinski definition) is 0. The number of hydrogen-bond acceptors (Lipinski definition) is 5. The second-order valence-electron chi connectivity index (χ2n) is 7.21. The molecular weight excluding hydrogens is 356 g/mol. The molecule has 0 radical (unpaired) electrons. The van der Waals surface area contributed by atoms with Gasteiger partial charge in [0.15, 0.2) is 0 Å². The molecule has 0 N–H and O–H groups in total. The van der Waals surface area contributed by atoms with Crippen molar-refractivity contribution in [2.45, 2.75) is 32.4 Å². The lowest BCUT2D eigenvalue weighted by Gasteiger charge is -2.23. The van der Waals surface area contributed by atoms with Crippen molar-refractivity contribution in [3.63, 3.8) is 0 Å². The minimum absolute atomic E-state index is 0.0971. The Balaban J connectivity index is 1.44. The molecule has 2 fully saturated rings. The van der Waals surface area contributed by atoms with Gasteiger partial charge >= 0.3 is 0 Å². The van der Waals surface area contributed by atoms with E-state index in [0.717, 1.165) is 17.0 Å². The zero-order chi connectivity index (χ0) is 19.3. The third-order valence-corrected chi connectivity index (χ3v) is 4.76. The van der Waals surface area contributed by atoms with Crippen LogP contribution in [0.5, 0.6) is 5.75 Å². The Morgan fingerprint density at radius 2 is 2.18 bits per heavy atom. The first-order valence-corrected chi connectivity index (χ1v) is 9.67. The Bertz CT molecular complexity index is 947. The molecule has 3 heterocycles. The summed E-state index contributed by atoms with van der Waals surface area (Å²) >= 11 is 0. The van der Waals surface area contributed by atoms with Crippen LogP contribution in [0.1, 0.15) is 29.8 Å². The molecule has 0 unspecified atom stereocenters. The maximum Gasteiger partial charge on any atom is 0.254 e. The van der Waals surface area contributed by atoms with Gasteiger partial charge in [0.2, 0.25) is 0 Å². The lowest BCUT2D eigenvalue weighted by molar-refractivity contribution is -0.101. The Kier molecular flexibility index (Phi) is 5.75. The van der Waals surface area contributed by atoms with Crippen molar-refractivity contribution in [1.82, 2.24) is 9.55 Å². The summed E-state index contributed by atoms with van der Waals surface area (Å²) < 4.78 is 18.3. The highest BCUT2D eigenvalue weighted by molar-refractivity contribution is 5.36. The highest BCUT2D eigenvalue weighted by Crippen LogP contribution is 2.27.